The van der Waals surface area contributed by atoms with Gasteiger partial charge in [-0.15, -0.1) is 0 Å². The van der Waals surface area contributed by atoms with E-state index in [4.69, 9.17) is 0 Å². The molecule has 2 amide bonds. The number of urea groups is 1. The van der Waals surface area contributed by atoms with Crippen LogP contribution >= 0.6 is 0 Å². The monoisotopic (exact) mass is 186 g/mol. The molecule has 0 fully saturated rings. The van der Waals surface area contributed by atoms with Gasteiger partial charge < -0.3 is 10.6 Å². The zero-order valence-corrected chi connectivity index (χ0v) is 9.24. The van der Waals surface area contributed by atoms with Crippen LogP contribution < -0.4 is 10.6 Å². The smallest absolute Gasteiger partial charge is 0.315 e. The summed E-state index contributed by atoms with van der Waals surface area (Å²) >= 11 is 0. The quantitative estimate of drug-likeness (QED) is 0.650. The van der Waals surface area contributed by atoms with E-state index < -0.39 is 0 Å². The average molecular weight is 186 g/mol. The van der Waals surface area contributed by atoms with E-state index >= 15 is 0 Å². The number of carbonyl (C=O) groups excluding carboxylic acids is 1. The second-order valence-corrected chi connectivity index (χ2v) is 4.34. The topological polar surface area (TPSA) is 41.1 Å². The predicted octanol–water partition coefficient (Wildman–Crippen LogP) is 2.27. The lowest BCUT2D eigenvalue weighted by Crippen LogP contribution is -2.46. The third-order valence-corrected chi connectivity index (χ3v) is 1.55. The largest absolute Gasteiger partial charge is 0.338 e. The van der Waals surface area contributed by atoms with Gasteiger partial charge in [0.2, 0.25) is 0 Å². The van der Waals surface area contributed by atoms with Gasteiger partial charge in [-0.3, -0.25) is 0 Å². The SMILES string of the molecule is CCCCCNC(=O)NC(C)(C)C. The molecule has 0 aromatic rings. The minimum atomic E-state index is -0.144. The summed E-state index contributed by atoms with van der Waals surface area (Å²) in [4.78, 5) is 11.2. The first-order valence-electron chi connectivity index (χ1n) is 5.01. The van der Waals surface area contributed by atoms with Crippen molar-refractivity contribution in [1.29, 1.82) is 0 Å². The van der Waals surface area contributed by atoms with E-state index in [1.165, 1.54) is 12.8 Å². The van der Waals surface area contributed by atoms with Crippen molar-refractivity contribution >= 4 is 6.03 Å². The fourth-order valence-electron chi connectivity index (χ4n) is 0.962. The number of hydrogen-bond donors (Lipinski definition) is 2. The summed E-state index contributed by atoms with van der Waals surface area (Å²) in [5, 5.41) is 5.67. The van der Waals surface area contributed by atoms with Gasteiger partial charge >= 0.3 is 6.03 Å². The van der Waals surface area contributed by atoms with Crippen LogP contribution in [0.3, 0.4) is 0 Å². The van der Waals surface area contributed by atoms with Gasteiger partial charge in [-0.1, -0.05) is 19.8 Å². The number of carbonyl (C=O) groups is 1. The lowest BCUT2D eigenvalue weighted by atomic mass is 10.1. The Hall–Kier alpha value is -0.730. The standard InChI is InChI=1S/C10H22N2O/c1-5-6-7-8-11-9(13)12-10(2,3)4/h5-8H2,1-4H3,(H2,11,12,13). The fourth-order valence-corrected chi connectivity index (χ4v) is 0.962. The maximum atomic E-state index is 11.2. The average Bonchev–Trinajstić information content (AvgIpc) is 1.94. The van der Waals surface area contributed by atoms with Crippen molar-refractivity contribution in [1.82, 2.24) is 10.6 Å². The van der Waals surface area contributed by atoms with Gasteiger partial charge in [-0.05, 0) is 27.2 Å². The molecule has 0 radical (unpaired) electrons. The van der Waals surface area contributed by atoms with Crippen molar-refractivity contribution < 1.29 is 4.79 Å². The van der Waals surface area contributed by atoms with Crippen molar-refractivity contribution in [3.63, 3.8) is 0 Å². The molecular formula is C10H22N2O. The molecule has 0 aromatic heterocycles. The molecule has 2 N–H and O–H groups in total. The van der Waals surface area contributed by atoms with Crippen LogP contribution in [0.15, 0.2) is 0 Å². The highest BCUT2D eigenvalue weighted by Crippen LogP contribution is 1.97. The summed E-state index contributed by atoms with van der Waals surface area (Å²) in [7, 11) is 0. The Labute approximate surface area is 81.3 Å². The van der Waals surface area contributed by atoms with E-state index in [2.05, 4.69) is 17.6 Å². The van der Waals surface area contributed by atoms with E-state index in [1.54, 1.807) is 0 Å². The molecule has 0 spiro atoms. The second-order valence-electron chi connectivity index (χ2n) is 4.34. The van der Waals surface area contributed by atoms with Crippen LogP contribution in [0, 0.1) is 0 Å². The molecule has 0 heterocycles. The molecular weight excluding hydrogens is 164 g/mol. The number of unbranched alkanes of at least 4 members (excludes halogenated alkanes) is 2. The number of hydrogen-bond acceptors (Lipinski definition) is 1. The molecule has 0 bridgehead atoms. The molecule has 0 saturated heterocycles. The molecule has 0 aliphatic rings. The summed E-state index contributed by atoms with van der Waals surface area (Å²) in [6.45, 7) is 8.83. The van der Waals surface area contributed by atoms with Crippen LogP contribution in [0.5, 0.6) is 0 Å². The van der Waals surface area contributed by atoms with E-state index in [9.17, 15) is 4.79 Å². The molecule has 13 heavy (non-hydrogen) atoms. The third-order valence-electron chi connectivity index (χ3n) is 1.55. The van der Waals surface area contributed by atoms with Crippen LogP contribution in [0.4, 0.5) is 4.79 Å². The fraction of sp³-hybridized carbons (Fsp3) is 0.900. The van der Waals surface area contributed by atoms with Crippen molar-refractivity contribution in [2.45, 2.75) is 52.5 Å². The lowest BCUT2D eigenvalue weighted by Gasteiger charge is -2.20. The molecule has 78 valence electrons. The summed E-state index contributed by atoms with van der Waals surface area (Å²) in [5.74, 6) is 0. The number of rotatable bonds is 4. The molecule has 0 aliphatic heterocycles. The van der Waals surface area contributed by atoms with Crippen molar-refractivity contribution in [2.75, 3.05) is 6.54 Å². The van der Waals surface area contributed by atoms with Crippen LogP contribution in [-0.4, -0.2) is 18.1 Å². The van der Waals surface area contributed by atoms with Gasteiger partial charge in [0.05, 0.1) is 0 Å². The van der Waals surface area contributed by atoms with Crippen molar-refractivity contribution in [3.05, 3.63) is 0 Å². The van der Waals surface area contributed by atoms with E-state index in [-0.39, 0.29) is 11.6 Å². The van der Waals surface area contributed by atoms with Crippen LogP contribution in [0.25, 0.3) is 0 Å². The normalized spacial score (nSPS) is 11.1. The van der Waals surface area contributed by atoms with Crippen LogP contribution in [0.2, 0.25) is 0 Å². The maximum absolute atomic E-state index is 11.2. The van der Waals surface area contributed by atoms with Gasteiger partial charge in [-0.25, -0.2) is 4.79 Å². The van der Waals surface area contributed by atoms with Crippen molar-refractivity contribution in [3.8, 4) is 0 Å². The van der Waals surface area contributed by atoms with Gasteiger partial charge in [0.15, 0.2) is 0 Å². The zero-order valence-electron chi connectivity index (χ0n) is 9.24. The van der Waals surface area contributed by atoms with Gasteiger partial charge in [0.25, 0.3) is 0 Å². The first kappa shape index (κ1) is 12.3. The Bertz CT molecular complexity index is 149. The highest BCUT2D eigenvalue weighted by Gasteiger charge is 2.12. The molecule has 0 unspecified atom stereocenters. The Morgan fingerprint density at radius 1 is 1.23 bits per heavy atom. The highest BCUT2D eigenvalue weighted by atomic mass is 16.2. The van der Waals surface area contributed by atoms with Gasteiger partial charge in [0, 0.05) is 12.1 Å². The second kappa shape index (κ2) is 5.84. The molecule has 3 nitrogen and oxygen atoms in total. The Morgan fingerprint density at radius 3 is 2.31 bits per heavy atom. The first-order valence-corrected chi connectivity index (χ1v) is 5.01. The first-order chi connectivity index (χ1) is 5.95. The highest BCUT2D eigenvalue weighted by molar-refractivity contribution is 5.74. The van der Waals surface area contributed by atoms with Crippen LogP contribution in [-0.2, 0) is 0 Å². The summed E-state index contributed by atoms with van der Waals surface area (Å²) in [6.07, 6.45) is 3.42. The summed E-state index contributed by atoms with van der Waals surface area (Å²) < 4.78 is 0. The molecule has 0 aromatic carbocycles. The number of amides is 2. The van der Waals surface area contributed by atoms with Gasteiger partial charge in [-0.2, -0.15) is 0 Å². The van der Waals surface area contributed by atoms with E-state index in [1.807, 2.05) is 20.8 Å². The predicted molar refractivity (Wildman–Crippen MR) is 55.8 cm³/mol. The maximum Gasteiger partial charge on any atom is 0.315 e. The molecule has 3 heteroatoms. The van der Waals surface area contributed by atoms with Crippen molar-refractivity contribution in [2.24, 2.45) is 0 Å². The molecule has 0 saturated carbocycles. The lowest BCUT2D eigenvalue weighted by molar-refractivity contribution is 0.232. The minimum Gasteiger partial charge on any atom is -0.338 e. The molecule has 0 rings (SSSR count). The molecule has 0 aliphatic carbocycles. The van der Waals surface area contributed by atoms with E-state index in [0.29, 0.717) is 0 Å². The third kappa shape index (κ3) is 9.18. The minimum absolute atomic E-state index is 0.0661. The number of nitrogens with one attached hydrogen (secondary N) is 2. The summed E-state index contributed by atoms with van der Waals surface area (Å²) in [5.41, 5.74) is -0.144. The Balaban J connectivity index is 3.41. The Morgan fingerprint density at radius 2 is 1.85 bits per heavy atom. The summed E-state index contributed by atoms with van der Waals surface area (Å²) in [6, 6.07) is -0.0661. The Kier molecular flexibility index (Phi) is 5.51. The van der Waals surface area contributed by atoms with Crippen LogP contribution in [0.1, 0.15) is 47.0 Å². The zero-order chi connectivity index (χ0) is 10.3. The molecule has 0 atom stereocenters. The van der Waals surface area contributed by atoms with E-state index in [0.717, 1.165) is 13.0 Å². The van der Waals surface area contributed by atoms with Gasteiger partial charge in [0.1, 0.15) is 0 Å².